The number of hydrogen-bond donors (Lipinski definition) is 1. The van der Waals surface area contributed by atoms with E-state index >= 15 is 0 Å². The smallest absolute Gasteiger partial charge is 0.333 e. The van der Waals surface area contributed by atoms with Crippen molar-refractivity contribution in [3.8, 4) is 0 Å². The van der Waals surface area contributed by atoms with Gasteiger partial charge in [0.15, 0.2) is 0 Å². The molecule has 0 aromatic carbocycles. The van der Waals surface area contributed by atoms with Crippen LogP contribution in [0.15, 0.2) is 0 Å². The maximum atomic E-state index is 11.1. The minimum atomic E-state index is -0.409. The summed E-state index contributed by atoms with van der Waals surface area (Å²) in [6, 6.07) is 0. The highest BCUT2D eigenvalue weighted by atomic mass is 16.6. The Morgan fingerprint density at radius 3 is 2.67 bits per heavy atom. The van der Waals surface area contributed by atoms with E-state index < -0.39 is 4.92 Å². The second-order valence-electron chi connectivity index (χ2n) is 4.20. The number of aryl methyl sites for hydroxylation is 2. The van der Waals surface area contributed by atoms with Gasteiger partial charge < -0.3 is 10.0 Å². The van der Waals surface area contributed by atoms with Gasteiger partial charge in [-0.25, -0.2) is 4.68 Å². The first-order valence-corrected chi connectivity index (χ1v) is 6.06. The van der Waals surface area contributed by atoms with E-state index in [9.17, 15) is 10.1 Å². The molecule has 7 nitrogen and oxygen atoms in total. The molecule has 0 aliphatic carbocycles. The molecule has 0 aliphatic heterocycles. The number of aromatic nitrogens is 2. The van der Waals surface area contributed by atoms with Gasteiger partial charge in [-0.1, -0.05) is 13.3 Å². The maximum absolute atomic E-state index is 11.1. The molecule has 1 aromatic rings. The Morgan fingerprint density at radius 1 is 1.50 bits per heavy atom. The predicted molar refractivity (Wildman–Crippen MR) is 68.8 cm³/mol. The van der Waals surface area contributed by atoms with E-state index in [0.717, 1.165) is 12.8 Å². The molecule has 0 saturated carbocycles. The summed E-state index contributed by atoms with van der Waals surface area (Å²) in [4.78, 5) is 12.5. The lowest BCUT2D eigenvalue weighted by molar-refractivity contribution is -0.384. The number of nitro groups is 1. The molecule has 1 aromatic heterocycles. The Hall–Kier alpha value is -1.63. The van der Waals surface area contributed by atoms with Gasteiger partial charge in [0.05, 0.1) is 11.5 Å². The number of hydrogen-bond acceptors (Lipinski definition) is 5. The molecule has 18 heavy (non-hydrogen) atoms. The number of rotatable bonds is 7. The van der Waals surface area contributed by atoms with E-state index in [1.165, 1.54) is 4.68 Å². The average molecular weight is 256 g/mol. The number of unbranched alkanes of at least 4 members (excludes halogenated alkanes) is 1. The molecule has 0 fully saturated rings. The van der Waals surface area contributed by atoms with Crippen LogP contribution in [0, 0.1) is 17.0 Å². The topological polar surface area (TPSA) is 84.4 Å². The van der Waals surface area contributed by atoms with Crippen molar-refractivity contribution in [2.75, 3.05) is 24.6 Å². The van der Waals surface area contributed by atoms with Crippen LogP contribution in [-0.2, 0) is 7.05 Å². The zero-order chi connectivity index (χ0) is 13.7. The van der Waals surface area contributed by atoms with Gasteiger partial charge in [0.2, 0.25) is 5.82 Å². The molecule has 0 atom stereocenters. The number of anilines is 1. The SMILES string of the molecule is CCCCN(CCO)c1c([N+](=O)[O-])c(C)nn1C. The third kappa shape index (κ3) is 2.98. The number of aliphatic hydroxyl groups excluding tert-OH is 1. The summed E-state index contributed by atoms with van der Waals surface area (Å²) in [6.45, 7) is 4.69. The highest BCUT2D eigenvalue weighted by Gasteiger charge is 2.27. The quantitative estimate of drug-likeness (QED) is 0.586. The van der Waals surface area contributed by atoms with Crippen LogP contribution in [0.2, 0.25) is 0 Å². The minimum Gasteiger partial charge on any atom is -0.395 e. The van der Waals surface area contributed by atoms with Crippen molar-refractivity contribution >= 4 is 11.5 Å². The van der Waals surface area contributed by atoms with Crippen LogP contribution in [0.1, 0.15) is 25.5 Å². The van der Waals surface area contributed by atoms with Crippen LogP contribution in [0.3, 0.4) is 0 Å². The van der Waals surface area contributed by atoms with Crippen LogP contribution in [0.5, 0.6) is 0 Å². The summed E-state index contributed by atoms with van der Waals surface area (Å²) in [5.41, 5.74) is 0.430. The molecule has 0 amide bonds. The molecule has 0 spiro atoms. The van der Waals surface area contributed by atoms with E-state index in [0.29, 0.717) is 24.6 Å². The minimum absolute atomic E-state index is 0.0297. The van der Waals surface area contributed by atoms with Gasteiger partial charge in [0, 0.05) is 20.1 Å². The molecule has 102 valence electrons. The normalized spacial score (nSPS) is 10.7. The van der Waals surface area contributed by atoms with Gasteiger partial charge in [-0.15, -0.1) is 0 Å². The largest absolute Gasteiger partial charge is 0.395 e. The van der Waals surface area contributed by atoms with Crippen molar-refractivity contribution in [3.05, 3.63) is 15.8 Å². The number of nitrogens with zero attached hydrogens (tertiary/aromatic N) is 4. The Bertz CT molecular complexity index is 417. The molecule has 0 unspecified atom stereocenters. The lowest BCUT2D eigenvalue weighted by Gasteiger charge is -2.22. The summed E-state index contributed by atoms with van der Waals surface area (Å²) in [6.07, 6.45) is 1.91. The van der Waals surface area contributed by atoms with Crippen molar-refractivity contribution in [1.29, 1.82) is 0 Å². The molecule has 1 N–H and O–H groups in total. The summed E-state index contributed by atoms with van der Waals surface area (Å²) in [7, 11) is 1.69. The highest BCUT2D eigenvalue weighted by molar-refractivity contribution is 5.61. The fraction of sp³-hybridized carbons (Fsp3) is 0.727. The molecule has 0 aliphatic rings. The van der Waals surface area contributed by atoms with Crippen LogP contribution in [-0.4, -0.2) is 39.5 Å². The zero-order valence-electron chi connectivity index (χ0n) is 11.1. The van der Waals surface area contributed by atoms with E-state index in [1.807, 2.05) is 4.90 Å². The zero-order valence-corrected chi connectivity index (χ0v) is 11.1. The van der Waals surface area contributed by atoms with E-state index in [1.54, 1.807) is 14.0 Å². The molecule has 0 saturated heterocycles. The van der Waals surface area contributed by atoms with Crippen LogP contribution >= 0.6 is 0 Å². The second kappa shape index (κ2) is 6.34. The van der Waals surface area contributed by atoms with Crippen LogP contribution < -0.4 is 4.90 Å². The highest BCUT2D eigenvalue weighted by Crippen LogP contribution is 2.30. The Balaban J connectivity index is 3.13. The standard InChI is InChI=1S/C11H20N4O3/c1-4-5-6-14(7-8-16)11-10(15(17)18)9(2)12-13(11)3/h16H,4-8H2,1-3H3. The lowest BCUT2D eigenvalue weighted by atomic mass is 10.3. The van der Waals surface area contributed by atoms with Gasteiger partial charge in [0.1, 0.15) is 5.69 Å². The van der Waals surface area contributed by atoms with E-state index in [4.69, 9.17) is 5.11 Å². The fourth-order valence-electron chi connectivity index (χ4n) is 2.00. The van der Waals surface area contributed by atoms with Crippen molar-refractivity contribution < 1.29 is 10.0 Å². The first kappa shape index (κ1) is 14.4. The maximum Gasteiger partial charge on any atom is 0.333 e. The summed E-state index contributed by atoms with van der Waals surface area (Å²) in [5, 5.41) is 24.3. The summed E-state index contributed by atoms with van der Waals surface area (Å²) >= 11 is 0. The lowest BCUT2D eigenvalue weighted by Crippen LogP contribution is -2.30. The Kier molecular flexibility index (Phi) is 5.08. The summed E-state index contributed by atoms with van der Waals surface area (Å²) in [5.74, 6) is 0.472. The van der Waals surface area contributed by atoms with Gasteiger partial charge in [-0.05, 0) is 13.3 Å². The molecular formula is C11H20N4O3. The Labute approximate surface area is 106 Å². The summed E-state index contributed by atoms with van der Waals surface area (Å²) < 4.78 is 1.51. The van der Waals surface area contributed by atoms with E-state index in [-0.39, 0.29) is 12.3 Å². The fourth-order valence-corrected chi connectivity index (χ4v) is 2.00. The third-order valence-electron chi connectivity index (χ3n) is 2.79. The van der Waals surface area contributed by atoms with Gasteiger partial charge in [-0.3, -0.25) is 10.1 Å². The molecule has 7 heteroatoms. The Morgan fingerprint density at radius 2 is 2.17 bits per heavy atom. The molecule has 0 radical (unpaired) electrons. The second-order valence-corrected chi connectivity index (χ2v) is 4.20. The third-order valence-corrected chi connectivity index (χ3v) is 2.79. The number of aliphatic hydroxyl groups is 1. The molecule has 1 rings (SSSR count). The first-order chi connectivity index (χ1) is 8.52. The van der Waals surface area contributed by atoms with Crippen LogP contribution in [0.4, 0.5) is 11.5 Å². The molecule has 1 heterocycles. The first-order valence-electron chi connectivity index (χ1n) is 6.06. The van der Waals surface area contributed by atoms with Gasteiger partial charge >= 0.3 is 5.69 Å². The van der Waals surface area contributed by atoms with E-state index in [2.05, 4.69) is 12.0 Å². The average Bonchev–Trinajstić information content (AvgIpc) is 2.59. The van der Waals surface area contributed by atoms with Crippen molar-refractivity contribution in [3.63, 3.8) is 0 Å². The van der Waals surface area contributed by atoms with Crippen molar-refractivity contribution in [2.24, 2.45) is 7.05 Å². The molecule has 0 bridgehead atoms. The van der Waals surface area contributed by atoms with Crippen molar-refractivity contribution in [1.82, 2.24) is 9.78 Å². The molecular weight excluding hydrogens is 236 g/mol. The predicted octanol–water partition coefficient (Wildman–Crippen LogP) is 1.24. The van der Waals surface area contributed by atoms with Crippen molar-refractivity contribution in [2.45, 2.75) is 26.7 Å². The monoisotopic (exact) mass is 256 g/mol. The van der Waals surface area contributed by atoms with Gasteiger partial charge in [-0.2, -0.15) is 5.10 Å². The van der Waals surface area contributed by atoms with Crippen LogP contribution in [0.25, 0.3) is 0 Å². The van der Waals surface area contributed by atoms with Gasteiger partial charge in [0.25, 0.3) is 0 Å².